The van der Waals surface area contributed by atoms with Gasteiger partial charge in [0.25, 0.3) is 0 Å². The van der Waals surface area contributed by atoms with Crippen LogP contribution >= 0.6 is 0 Å². The fourth-order valence-corrected chi connectivity index (χ4v) is 5.94. The first kappa shape index (κ1) is 27.5. The van der Waals surface area contributed by atoms with Crippen molar-refractivity contribution in [1.29, 1.82) is 0 Å². The molecule has 8 nitrogen and oxygen atoms in total. The Morgan fingerprint density at radius 2 is 1.50 bits per heavy atom. The number of nitrogens with zero attached hydrogens (tertiary/aromatic N) is 2. The fourth-order valence-electron chi connectivity index (χ4n) is 4.46. The molecule has 1 amide bonds. The van der Waals surface area contributed by atoms with Crippen LogP contribution in [0.4, 0.5) is 17.1 Å². The average molecular weight is 537 g/mol. The van der Waals surface area contributed by atoms with E-state index in [0.717, 1.165) is 30.1 Å². The zero-order valence-corrected chi connectivity index (χ0v) is 23.2. The highest BCUT2D eigenvalue weighted by Crippen LogP contribution is 2.32. The maximum atomic E-state index is 13.7. The topological polar surface area (TPSA) is 91.0 Å². The molecule has 1 saturated heterocycles. The molecule has 1 atom stereocenters. The molecule has 3 aromatic rings. The first-order chi connectivity index (χ1) is 18.2. The van der Waals surface area contributed by atoms with Gasteiger partial charge in [0.2, 0.25) is 15.9 Å². The molecule has 4 rings (SSSR count). The Labute approximate surface area is 225 Å². The number of piperazine rings is 1. The Bertz CT molecular complexity index is 1340. The summed E-state index contributed by atoms with van der Waals surface area (Å²) in [4.78, 5) is 16.9. The quantitative estimate of drug-likeness (QED) is 0.414. The second kappa shape index (κ2) is 11.9. The minimum atomic E-state index is -3.91. The van der Waals surface area contributed by atoms with Gasteiger partial charge in [-0.25, -0.2) is 13.1 Å². The van der Waals surface area contributed by atoms with E-state index in [1.807, 2.05) is 61.5 Å². The molecule has 0 aliphatic carbocycles. The highest BCUT2D eigenvalue weighted by atomic mass is 32.2. The molecular formula is C29H36N4O4S. The van der Waals surface area contributed by atoms with E-state index < -0.39 is 16.1 Å². The van der Waals surface area contributed by atoms with Crippen molar-refractivity contribution in [2.24, 2.45) is 5.92 Å². The number of rotatable bonds is 9. The van der Waals surface area contributed by atoms with Crippen LogP contribution < -0.4 is 24.6 Å². The highest BCUT2D eigenvalue weighted by Gasteiger charge is 2.27. The van der Waals surface area contributed by atoms with Crippen molar-refractivity contribution >= 4 is 33.0 Å². The molecule has 1 fully saturated rings. The summed E-state index contributed by atoms with van der Waals surface area (Å²) in [6, 6.07) is 22.1. The number of hydrogen-bond acceptors (Lipinski definition) is 6. The maximum absolute atomic E-state index is 13.7. The van der Waals surface area contributed by atoms with E-state index in [0.29, 0.717) is 24.5 Å². The summed E-state index contributed by atoms with van der Waals surface area (Å²) in [6.07, 6.45) is 0. The molecule has 1 aliphatic heterocycles. The van der Waals surface area contributed by atoms with Gasteiger partial charge >= 0.3 is 0 Å². The Morgan fingerprint density at radius 1 is 0.868 bits per heavy atom. The van der Waals surface area contributed by atoms with Crippen molar-refractivity contribution in [2.45, 2.75) is 31.7 Å². The van der Waals surface area contributed by atoms with Crippen LogP contribution in [0, 0.1) is 5.92 Å². The third-order valence-corrected chi connectivity index (χ3v) is 8.30. The SMILES string of the molecule is COc1ccc(N2CCN(c3ccc(NC(=O)C(C)C)cc3S(=O)(=O)N[C@H](C)c3ccccc3)CC2)cc1. The average Bonchev–Trinajstić information content (AvgIpc) is 2.93. The smallest absolute Gasteiger partial charge is 0.243 e. The molecule has 38 heavy (non-hydrogen) atoms. The van der Waals surface area contributed by atoms with Crippen LogP contribution in [0.15, 0.2) is 77.7 Å². The monoisotopic (exact) mass is 536 g/mol. The molecule has 1 aliphatic rings. The number of anilines is 3. The predicted octanol–water partition coefficient (Wildman–Crippen LogP) is 4.66. The van der Waals surface area contributed by atoms with Crippen LogP contribution in [0.2, 0.25) is 0 Å². The lowest BCUT2D eigenvalue weighted by atomic mass is 10.1. The Morgan fingerprint density at radius 3 is 2.11 bits per heavy atom. The molecule has 0 spiro atoms. The molecule has 0 aromatic heterocycles. The molecule has 9 heteroatoms. The van der Waals surface area contributed by atoms with E-state index in [1.165, 1.54) is 0 Å². The molecule has 2 N–H and O–H groups in total. The number of nitrogens with one attached hydrogen (secondary N) is 2. The number of methoxy groups -OCH3 is 1. The second-order valence-corrected chi connectivity index (χ2v) is 11.4. The van der Waals surface area contributed by atoms with Crippen LogP contribution in [0.3, 0.4) is 0 Å². The molecular weight excluding hydrogens is 500 g/mol. The predicted molar refractivity (Wildman–Crippen MR) is 153 cm³/mol. The minimum Gasteiger partial charge on any atom is -0.497 e. The summed E-state index contributed by atoms with van der Waals surface area (Å²) in [5, 5.41) is 2.84. The van der Waals surface area contributed by atoms with Crippen LogP contribution in [0.25, 0.3) is 0 Å². The Kier molecular flexibility index (Phi) is 8.58. The summed E-state index contributed by atoms with van der Waals surface area (Å²) in [7, 11) is -2.26. The van der Waals surface area contributed by atoms with E-state index in [9.17, 15) is 13.2 Å². The lowest BCUT2D eigenvalue weighted by Crippen LogP contribution is -2.47. The largest absolute Gasteiger partial charge is 0.497 e. The maximum Gasteiger partial charge on any atom is 0.243 e. The second-order valence-electron chi connectivity index (χ2n) is 9.75. The minimum absolute atomic E-state index is 0.153. The van der Waals surface area contributed by atoms with Crippen LogP contribution in [-0.4, -0.2) is 47.6 Å². The van der Waals surface area contributed by atoms with Crippen LogP contribution in [0.1, 0.15) is 32.4 Å². The number of carbonyl (C=O) groups is 1. The first-order valence-corrected chi connectivity index (χ1v) is 14.3. The molecule has 0 saturated carbocycles. The molecule has 0 unspecified atom stereocenters. The molecule has 0 radical (unpaired) electrons. The van der Waals surface area contributed by atoms with Gasteiger partial charge in [0, 0.05) is 49.5 Å². The van der Waals surface area contributed by atoms with Gasteiger partial charge in [0.15, 0.2) is 0 Å². The van der Waals surface area contributed by atoms with Gasteiger partial charge in [-0.1, -0.05) is 44.2 Å². The van der Waals surface area contributed by atoms with E-state index in [4.69, 9.17) is 4.74 Å². The van der Waals surface area contributed by atoms with Crippen molar-refractivity contribution in [3.05, 3.63) is 78.4 Å². The third-order valence-electron chi connectivity index (χ3n) is 6.73. The molecule has 3 aromatic carbocycles. The number of sulfonamides is 1. The van der Waals surface area contributed by atoms with Gasteiger partial charge in [-0.2, -0.15) is 0 Å². The summed E-state index contributed by atoms with van der Waals surface area (Å²) < 4.78 is 35.5. The standard InChI is InChI=1S/C29H36N4O4S/c1-21(2)29(34)30-24-10-15-27(28(20-24)38(35,36)31-22(3)23-8-6-5-7-9-23)33-18-16-32(17-19-33)25-11-13-26(37-4)14-12-25/h5-15,20-22,31H,16-19H2,1-4H3,(H,30,34)/t22-/m1/s1. The van der Waals surface area contributed by atoms with Crippen molar-refractivity contribution in [3.63, 3.8) is 0 Å². The van der Waals surface area contributed by atoms with E-state index in [2.05, 4.69) is 19.8 Å². The Balaban J connectivity index is 1.59. The van der Waals surface area contributed by atoms with Crippen molar-refractivity contribution < 1.29 is 17.9 Å². The number of carbonyl (C=O) groups excluding carboxylic acids is 1. The van der Waals surface area contributed by atoms with Gasteiger partial charge in [-0.05, 0) is 55.0 Å². The zero-order chi connectivity index (χ0) is 27.3. The van der Waals surface area contributed by atoms with Crippen molar-refractivity contribution in [1.82, 2.24) is 4.72 Å². The zero-order valence-electron chi connectivity index (χ0n) is 22.3. The van der Waals surface area contributed by atoms with E-state index >= 15 is 0 Å². The van der Waals surface area contributed by atoms with Crippen molar-refractivity contribution in [3.8, 4) is 5.75 Å². The summed E-state index contributed by atoms with van der Waals surface area (Å²) in [5.74, 6) is 0.418. The number of amides is 1. The fraction of sp³-hybridized carbons (Fsp3) is 0.345. The van der Waals surface area contributed by atoms with Gasteiger partial charge in [0.05, 0.1) is 12.8 Å². The molecule has 0 bridgehead atoms. The van der Waals surface area contributed by atoms with Gasteiger partial charge < -0.3 is 19.9 Å². The van der Waals surface area contributed by atoms with Gasteiger partial charge in [-0.15, -0.1) is 0 Å². The lowest BCUT2D eigenvalue weighted by Gasteiger charge is -2.38. The van der Waals surface area contributed by atoms with Gasteiger partial charge in [-0.3, -0.25) is 4.79 Å². The first-order valence-electron chi connectivity index (χ1n) is 12.8. The summed E-state index contributed by atoms with van der Waals surface area (Å²) in [5.41, 5.74) is 3.05. The van der Waals surface area contributed by atoms with E-state index in [-0.39, 0.29) is 16.7 Å². The molecule has 202 valence electrons. The van der Waals surface area contributed by atoms with Crippen molar-refractivity contribution in [2.75, 3.05) is 48.4 Å². The Hall–Kier alpha value is -3.56. The van der Waals surface area contributed by atoms with Crippen LogP contribution in [-0.2, 0) is 14.8 Å². The van der Waals surface area contributed by atoms with Crippen LogP contribution in [0.5, 0.6) is 5.75 Å². The summed E-state index contributed by atoms with van der Waals surface area (Å²) in [6.45, 7) is 8.21. The number of benzene rings is 3. The number of hydrogen-bond donors (Lipinski definition) is 2. The van der Waals surface area contributed by atoms with E-state index in [1.54, 1.807) is 39.2 Å². The third kappa shape index (κ3) is 6.46. The molecule has 1 heterocycles. The summed E-state index contributed by atoms with van der Waals surface area (Å²) >= 11 is 0. The normalized spacial score (nSPS) is 14.9. The van der Waals surface area contributed by atoms with Gasteiger partial charge in [0.1, 0.15) is 10.6 Å². The lowest BCUT2D eigenvalue weighted by molar-refractivity contribution is -0.118. The number of ether oxygens (including phenoxy) is 1. The highest BCUT2D eigenvalue weighted by molar-refractivity contribution is 7.89.